The number of furan rings is 1. The van der Waals surface area contributed by atoms with E-state index in [1.807, 2.05) is 4.58 Å². The van der Waals surface area contributed by atoms with Crippen LogP contribution >= 0.6 is 0 Å². The molecule has 2 heteroatoms. The zero-order valence-electron chi connectivity index (χ0n) is 21.0. The maximum absolute atomic E-state index is 6.71. The van der Waals surface area contributed by atoms with Gasteiger partial charge in [0, 0.05) is 12.1 Å². The number of hydrogen-bond acceptors (Lipinski definition) is 0. The highest BCUT2D eigenvalue weighted by molar-refractivity contribution is 6.14. The van der Waals surface area contributed by atoms with Crippen molar-refractivity contribution in [1.29, 1.82) is 0 Å². The number of fused-ring (bicyclic) bond motifs is 3. The number of benzene rings is 4. The Morgan fingerprint density at radius 3 is 2.28 bits per heavy atom. The van der Waals surface area contributed by atoms with Crippen LogP contribution in [0.4, 0.5) is 0 Å². The molecule has 0 saturated heterocycles. The van der Waals surface area contributed by atoms with Crippen molar-refractivity contribution in [3.63, 3.8) is 0 Å². The van der Waals surface area contributed by atoms with Crippen LogP contribution in [0.15, 0.2) is 113 Å². The van der Waals surface area contributed by atoms with Crippen molar-refractivity contribution in [2.24, 2.45) is 0 Å². The molecule has 1 unspecified atom stereocenters. The first kappa shape index (κ1) is 22.2. The molecule has 0 N–H and O–H groups in total. The third-order valence-electron chi connectivity index (χ3n) is 7.39. The molecule has 6 rings (SSSR count). The standard InChI is InChI=1S/C34H29NO/c1-22-15-18-29-32-28(26-13-9-6-10-14-26)17-16-23(2)33(32)36-34(29)31(22)30-21-27(19-20-35(30)4)24(3)25-11-7-5-8-12-25/h5-21,24H,4H2,1-3H3. The van der Waals surface area contributed by atoms with Crippen molar-refractivity contribution >= 4 is 28.7 Å². The summed E-state index contributed by atoms with van der Waals surface area (Å²) in [5.74, 6) is 0.272. The van der Waals surface area contributed by atoms with E-state index < -0.39 is 0 Å². The van der Waals surface area contributed by atoms with Gasteiger partial charge in [-0.3, -0.25) is 4.42 Å². The molecule has 5 aromatic rings. The van der Waals surface area contributed by atoms with Gasteiger partial charge in [-0.25, -0.2) is 0 Å². The van der Waals surface area contributed by atoms with Gasteiger partial charge in [-0.2, -0.15) is 0 Å². The third kappa shape index (κ3) is 3.58. The van der Waals surface area contributed by atoms with E-state index in [9.17, 15) is 0 Å². The summed E-state index contributed by atoms with van der Waals surface area (Å²) < 4.78 is 8.67. The minimum Gasteiger partial charge on any atom is -0.336 e. The quantitative estimate of drug-likeness (QED) is 0.146. The van der Waals surface area contributed by atoms with Gasteiger partial charge in [0.2, 0.25) is 0 Å². The molecular formula is C34H29NO. The molecule has 1 atom stereocenters. The van der Waals surface area contributed by atoms with Crippen molar-refractivity contribution in [3.05, 3.63) is 137 Å². The lowest BCUT2D eigenvalue weighted by molar-refractivity contribution is -0.418. The maximum Gasteiger partial charge on any atom is 0.347 e. The second-order valence-corrected chi connectivity index (χ2v) is 9.68. The van der Waals surface area contributed by atoms with Crippen LogP contribution < -0.4 is 0 Å². The highest BCUT2D eigenvalue weighted by atomic mass is 16.3. The van der Waals surface area contributed by atoms with Crippen molar-refractivity contribution in [2.45, 2.75) is 26.7 Å². The minimum absolute atomic E-state index is 0.272. The van der Waals surface area contributed by atoms with Crippen LogP contribution in [-0.2, 0) is 0 Å². The highest BCUT2D eigenvalue weighted by Gasteiger charge is 2.27. The summed E-state index contributed by atoms with van der Waals surface area (Å²) in [6.45, 7) is 10.9. The Bertz CT molecular complexity index is 1670. The predicted molar refractivity (Wildman–Crippen MR) is 150 cm³/mol. The molecule has 0 bridgehead atoms. The van der Waals surface area contributed by atoms with Gasteiger partial charge in [-0.15, -0.1) is 23.3 Å². The normalized spacial score (nSPS) is 14.5. The molecule has 0 fully saturated rings. The summed E-state index contributed by atoms with van der Waals surface area (Å²) in [4.78, 5) is 0. The Labute approximate surface area is 212 Å². The molecule has 2 heterocycles. The Morgan fingerprint density at radius 2 is 1.53 bits per heavy atom. The topological polar surface area (TPSA) is 14.3 Å². The zero-order chi connectivity index (χ0) is 24.8. The molecule has 2 nitrogen and oxygen atoms in total. The highest BCUT2D eigenvalue weighted by Crippen LogP contribution is 2.43. The Balaban J connectivity index is 1.57. The van der Waals surface area contributed by atoms with E-state index in [1.165, 1.54) is 33.2 Å². The van der Waals surface area contributed by atoms with E-state index >= 15 is 0 Å². The minimum atomic E-state index is 0.272. The fourth-order valence-corrected chi connectivity index (χ4v) is 5.31. The van der Waals surface area contributed by atoms with Crippen molar-refractivity contribution in [3.8, 4) is 11.1 Å². The summed E-state index contributed by atoms with van der Waals surface area (Å²) in [6.07, 6.45) is 6.50. The first-order valence-electron chi connectivity index (χ1n) is 12.5. The molecular weight excluding hydrogens is 438 g/mol. The number of aryl methyl sites for hydroxylation is 2. The van der Waals surface area contributed by atoms with Gasteiger partial charge in [0.1, 0.15) is 0 Å². The summed E-state index contributed by atoms with van der Waals surface area (Å²) in [6, 6.07) is 31.0. The van der Waals surface area contributed by atoms with E-state index in [1.54, 1.807) is 0 Å². The Kier molecular flexibility index (Phi) is 5.38. The van der Waals surface area contributed by atoms with Gasteiger partial charge >= 0.3 is 5.58 Å². The fraction of sp³-hybridized carbons (Fsp3) is 0.118. The first-order valence-corrected chi connectivity index (χ1v) is 12.5. The van der Waals surface area contributed by atoms with E-state index in [0.29, 0.717) is 0 Å². The molecule has 0 aliphatic carbocycles. The Hall–Kier alpha value is -4.30. The molecule has 4 aromatic carbocycles. The molecule has 36 heavy (non-hydrogen) atoms. The van der Waals surface area contributed by atoms with Gasteiger partial charge in [0.05, 0.1) is 23.2 Å². The number of nitrogens with zero attached hydrogens (tertiary/aromatic N) is 1. The number of hydrogen-bond donors (Lipinski definition) is 0. The van der Waals surface area contributed by atoms with Crippen LogP contribution in [0.1, 0.15) is 35.1 Å². The molecule has 0 amide bonds. The van der Waals surface area contributed by atoms with Gasteiger partial charge in [0.15, 0.2) is 0 Å². The van der Waals surface area contributed by atoms with Gasteiger partial charge < -0.3 is 4.58 Å². The van der Waals surface area contributed by atoms with Crippen LogP contribution in [0.5, 0.6) is 0 Å². The average molecular weight is 468 g/mol. The molecule has 1 aliphatic rings. The SMILES string of the molecule is C=[N+]1C=CC(C(C)c2ccccc2)=C[C-]1c1c(C)ccc2c3c(-c4ccccc4)ccc(C)c3[o+][c-]12. The summed E-state index contributed by atoms with van der Waals surface area (Å²) in [7, 11) is 0. The molecule has 176 valence electrons. The molecule has 1 aromatic heterocycles. The molecule has 1 aliphatic heterocycles. The lowest BCUT2D eigenvalue weighted by Gasteiger charge is -2.29. The van der Waals surface area contributed by atoms with Gasteiger partial charge in [-0.05, 0) is 35.6 Å². The van der Waals surface area contributed by atoms with E-state index in [-0.39, 0.29) is 5.92 Å². The van der Waals surface area contributed by atoms with Crippen LogP contribution in [0.25, 0.3) is 33.1 Å². The molecule has 0 saturated carbocycles. The van der Waals surface area contributed by atoms with E-state index in [4.69, 9.17) is 4.42 Å². The summed E-state index contributed by atoms with van der Waals surface area (Å²) in [5.41, 5.74) is 10.2. The second kappa shape index (κ2) is 8.73. The first-order chi connectivity index (χ1) is 17.5. The number of allylic oxidation sites excluding steroid dienone is 2. The van der Waals surface area contributed by atoms with Crippen molar-refractivity contribution < 1.29 is 8.99 Å². The van der Waals surface area contributed by atoms with Crippen LogP contribution in [-0.4, -0.2) is 11.3 Å². The Morgan fingerprint density at radius 1 is 0.833 bits per heavy atom. The molecule has 0 spiro atoms. The second-order valence-electron chi connectivity index (χ2n) is 9.68. The third-order valence-corrected chi connectivity index (χ3v) is 7.39. The largest absolute Gasteiger partial charge is 0.347 e. The maximum atomic E-state index is 6.71. The van der Waals surface area contributed by atoms with Crippen LogP contribution in [0.2, 0.25) is 0 Å². The van der Waals surface area contributed by atoms with E-state index in [2.05, 4.69) is 131 Å². The smallest absolute Gasteiger partial charge is 0.336 e. The lowest BCUT2D eigenvalue weighted by atomic mass is 9.87. The summed E-state index contributed by atoms with van der Waals surface area (Å²) in [5, 5.41) is 2.30. The lowest BCUT2D eigenvalue weighted by Crippen LogP contribution is -2.17. The van der Waals surface area contributed by atoms with E-state index in [0.717, 1.165) is 33.7 Å². The number of rotatable bonds is 4. The average Bonchev–Trinajstić information content (AvgIpc) is 3.30. The fourth-order valence-electron chi connectivity index (χ4n) is 5.31. The van der Waals surface area contributed by atoms with Crippen molar-refractivity contribution in [1.82, 2.24) is 0 Å². The van der Waals surface area contributed by atoms with Crippen molar-refractivity contribution in [2.75, 3.05) is 0 Å². The van der Waals surface area contributed by atoms with Crippen LogP contribution in [0.3, 0.4) is 0 Å². The van der Waals surface area contributed by atoms with Gasteiger partial charge in [0.25, 0.3) is 5.58 Å². The molecule has 0 radical (unpaired) electrons. The predicted octanol–water partition coefficient (Wildman–Crippen LogP) is 8.72. The monoisotopic (exact) mass is 467 g/mol. The summed E-state index contributed by atoms with van der Waals surface area (Å²) >= 11 is 0. The van der Waals surface area contributed by atoms with Gasteiger partial charge in [-0.1, -0.05) is 98.3 Å². The zero-order valence-corrected chi connectivity index (χ0v) is 21.0. The van der Waals surface area contributed by atoms with Crippen LogP contribution in [0, 0.1) is 19.9 Å².